The zero-order valence-corrected chi connectivity index (χ0v) is 2.85. The summed E-state index contributed by atoms with van der Waals surface area (Å²) in [5, 5.41) is 7.86. The van der Waals surface area contributed by atoms with Crippen LogP contribution >= 0.6 is 0 Å². The maximum absolute atomic E-state index is 7.86. The first-order chi connectivity index (χ1) is 2.41. The summed E-state index contributed by atoms with van der Waals surface area (Å²) in [4.78, 5) is 0. The van der Waals surface area contributed by atoms with E-state index in [1.807, 2.05) is 0 Å². The smallest absolute Gasteiger partial charge is 0.282 e. The second kappa shape index (κ2) is 3.98. The first-order valence-electron chi connectivity index (χ1n) is 1.34. The van der Waals surface area contributed by atoms with E-state index in [1.165, 1.54) is 0 Å². The van der Waals surface area contributed by atoms with Gasteiger partial charge in [-0.15, -0.1) is 0 Å². The molecule has 3 heteroatoms. The van der Waals surface area contributed by atoms with Crippen LogP contribution in [0.1, 0.15) is 0 Å². The van der Waals surface area contributed by atoms with E-state index < -0.39 is 0 Å². The van der Waals surface area contributed by atoms with Crippen molar-refractivity contribution in [2.24, 2.45) is 0 Å². The van der Waals surface area contributed by atoms with Crippen molar-refractivity contribution in [3.63, 3.8) is 0 Å². The van der Waals surface area contributed by atoms with Gasteiger partial charge in [0.05, 0.1) is 13.2 Å². The summed E-state index contributed by atoms with van der Waals surface area (Å²) in [7, 11) is 4.48. The van der Waals surface area contributed by atoms with Crippen LogP contribution in [0, 0.1) is 0 Å². The fraction of sp³-hybridized carbons (Fsp3) is 1.00. The third-order valence-corrected chi connectivity index (χ3v) is 0.209. The maximum atomic E-state index is 7.86. The predicted octanol–water partition coefficient (Wildman–Crippen LogP) is -0.921. The van der Waals surface area contributed by atoms with Gasteiger partial charge in [0.25, 0.3) is 8.05 Å². The van der Waals surface area contributed by atoms with Crippen LogP contribution < -0.4 is 0 Å². The Bertz CT molecular complexity index is 15.1. The largest absolute Gasteiger partial charge is 0.445 e. The molecular weight excluding hydrogens is 66.8 g/mol. The Morgan fingerprint density at radius 2 is 2.40 bits per heavy atom. The molecule has 0 saturated heterocycles. The lowest BCUT2D eigenvalue weighted by molar-refractivity contribution is 0.212. The Morgan fingerprint density at radius 3 is 2.40 bits per heavy atom. The first-order valence-corrected chi connectivity index (χ1v) is 1.34. The zero-order chi connectivity index (χ0) is 4.12. The van der Waals surface area contributed by atoms with Crippen molar-refractivity contribution in [2.75, 3.05) is 13.2 Å². The van der Waals surface area contributed by atoms with Crippen LogP contribution in [0.5, 0.6) is 0 Å². The van der Waals surface area contributed by atoms with Crippen molar-refractivity contribution < 1.29 is 9.76 Å². The molecule has 0 aliphatic rings. The van der Waals surface area contributed by atoms with Crippen LogP contribution in [-0.4, -0.2) is 26.4 Å². The number of hydrogen-bond acceptors (Lipinski definition) is 2. The van der Waals surface area contributed by atoms with Crippen LogP contribution in [0.4, 0.5) is 0 Å². The third kappa shape index (κ3) is 3.98. The molecule has 0 amide bonds. The molecular formula is C2H5BO2. The van der Waals surface area contributed by atoms with Gasteiger partial charge < -0.3 is 9.76 Å². The average molecular weight is 71.9 g/mol. The molecule has 5 heavy (non-hydrogen) atoms. The number of aliphatic hydroxyl groups excluding tert-OH is 1. The first kappa shape index (κ1) is 4.98. The van der Waals surface area contributed by atoms with E-state index in [4.69, 9.17) is 5.11 Å². The molecule has 0 fully saturated rings. The van der Waals surface area contributed by atoms with E-state index in [0.29, 0.717) is 0 Å². The van der Waals surface area contributed by atoms with Gasteiger partial charge in [-0.25, -0.2) is 0 Å². The molecule has 0 aromatic rings. The van der Waals surface area contributed by atoms with E-state index in [2.05, 4.69) is 12.7 Å². The Kier molecular flexibility index (Phi) is 3.97. The van der Waals surface area contributed by atoms with Gasteiger partial charge in [-0.1, -0.05) is 0 Å². The van der Waals surface area contributed by atoms with E-state index in [0.717, 1.165) is 0 Å². The minimum absolute atomic E-state index is 0.00347. The highest BCUT2D eigenvalue weighted by atomic mass is 16.4. The minimum atomic E-state index is -0.00347. The molecule has 0 bridgehead atoms. The van der Waals surface area contributed by atoms with Crippen molar-refractivity contribution in [3.8, 4) is 0 Å². The fourth-order valence-corrected chi connectivity index (χ4v) is 0.0527. The van der Waals surface area contributed by atoms with Crippen LogP contribution in [0.25, 0.3) is 0 Å². The summed E-state index contributed by atoms with van der Waals surface area (Å²) in [5.74, 6) is 0. The molecule has 0 unspecified atom stereocenters. The molecule has 2 nitrogen and oxygen atoms in total. The SMILES string of the molecule is [B]OCCO. The van der Waals surface area contributed by atoms with E-state index in [1.54, 1.807) is 0 Å². The number of rotatable bonds is 2. The zero-order valence-electron chi connectivity index (χ0n) is 2.85. The Balaban J connectivity index is 2.19. The van der Waals surface area contributed by atoms with Gasteiger partial charge in [-0.05, 0) is 0 Å². The van der Waals surface area contributed by atoms with Crippen molar-refractivity contribution in [3.05, 3.63) is 0 Å². The predicted molar refractivity (Wildman–Crippen MR) is 18.8 cm³/mol. The number of aliphatic hydroxyl groups is 1. The van der Waals surface area contributed by atoms with Gasteiger partial charge in [0.1, 0.15) is 0 Å². The van der Waals surface area contributed by atoms with Gasteiger partial charge in [0.2, 0.25) is 0 Å². The minimum Gasteiger partial charge on any atom is -0.445 e. The van der Waals surface area contributed by atoms with Crippen LogP contribution in [0.3, 0.4) is 0 Å². The summed E-state index contributed by atoms with van der Waals surface area (Å²) in [5.41, 5.74) is 0. The molecule has 0 rings (SSSR count). The van der Waals surface area contributed by atoms with Crippen LogP contribution in [-0.2, 0) is 4.65 Å². The van der Waals surface area contributed by atoms with Gasteiger partial charge in [0.15, 0.2) is 0 Å². The summed E-state index contributed by atoms with van der Waals surface area (Å²) in [6, 6.07) is 0. The normalized spacial score (nSPS) is 8.20. The Hall–Kier alpha value is -0.0151. The molecule has 2 radical (unpaired) electrons. The molecule has 1 N–H and O–H groups in total. The van der Waals surface area contributed by atoms with Crippen molar-refractivity contribution in [1.29, 1.82) is 0 Å². The molecule has 0 saturated carbocycles. The molecule has 0 atom stereocenters. The molecule has 0 spiro atoms. The summed E-state index contributed by atoms with van der Waals surface area (Å²) in [6.45, 7) is 0.219. The highest BCUT2D eigenvalue weighted by molar-refractivity contribution is 5.97. The van der Waals surface area contributed by atoms with Gasteiger partial charge in [-0.2, -0.15) is 0 Å². The summed E-state index contributed by atoms with van der Waals surface area (Å²) < 4.78 is 3.94. The highest BCUT2D eigenvalue weighted by Gasteiger charge is 1.67. The van der Waals surface area contributed by atoms with Gasteiger partial charge in [-0.3, -0.25) is 0 Å². The van der Waals surface area contributed by atoms with E-state index in [-0.39, 0.29) is 13.2 Å². The topological polar surface area (TPSA) is 29.5 Å². The van der Waals surface area contributed by atoms with Gasteiger partial charge >= 0.3 is 0 Å². The second-order valence-corrected chi connectivity index (χ2v) is 0.594. The lowest BCUT2D eigenvalue weighted by Gasteiger charge is -1.84. The quantitative estimate of drug-likeness (QED) is 0.427. The summed E-state index contributed by atoms with van der Waals surface area (Å²) in [6.07, 6.45) is 0. The second-order valence-electron chi connectivity index (χ2n) is 0.594. The van der Waals surface area contributed by atoms with Crippen molar-refractivity contribution in [2.45, 2.75) is 0 Å². The van der Waals surface area contributed by atoms with E-state index in [9.17, 15) is 0 Å². The van der Waals surface area contributed by atoms with Crippen LogP contribution in [0.15, 0.2) is 0 Å². The molecule has 0 aromatic carbocycles. The standard InChI is InChI=1S/C2H5BO2/c3-5-2-1-4/h4H,1-2H2. The average Bonchev–Trinajstić information content (AvgIpc) is 1.41. The monoisotopic (exact) mass is 72.0 g/mol. The lowest BCUT2D eigenvalue weighted by Crippen LogP contribution is -1.93. The molecule has 0 aliphatic carbocycles. The number of hydrogen-bond donors (Lipinski definition) is 1. The van der Waals surface area contributed by atoms with Crippen molar-refractivity contribution in [1.82, 2.24) is 0 Å². The Morgan fingerprint density at radius 1 is 1.80 bits per heavy atom. The van der Waals surface area contributed by atoms with Crippen LogP contribution in [0.2, 0.25) is 0 Å². The summed E-state index contributed by atoms with van der Waals surface area (Å²) >= 11 is 0. The van der Waals surface area contributed by atoms with Crippen molar-refractivity contribution >= 4 is 8.05 Å². The van der Waals surface area contributed by atoms with E-state index >= 15 is 0 Å². The molecule has 0 aromatic heterocycles. The highest BCUT2D eigenvalue weighted by Crippen LogP contribution is 1.55. The molecule has 28 valence electrons. The maximum Gasteiger partial charge on any atom is 0.282 e. The fourth-order valence-electron chi connectivity index (χ4n) is 0.0527. The van der Waals surface area contributed by atoms with Gasteiger partial charge in [0, 0.05) is 0 Å². The molecule has 0 heterocycles. The lowest BCUT2D eigenvalue weighted by atomic mass is 10.6. The molecule has 0 aliphatic heterocycles. The Labute approximate surface area is 32.2 Å². The third-order valence-electron chi connectivity index (χ3n) is 0.209.